The van der Waals surface area contributed by atoms with Crippen molar-refractivity contribution in [3.63, 3.8) is 0 Å². The van der Waals surface area contributed by atoms with Crippen LogP contribution in [0.25, 0.3) is 0 Å². The molecule has 1 heterocycles. The van der Waals surface area contributed by atoms with Crippen LogP contribution in [0.4, 0.5) is 4.39 Å². The normalized spacial score (nSPS) is 33.0. The second kappa shape index (κ2) is 3.24. The highest BCUT2D eigenvalue weighted by Crippen LogP contribution is 2.50. The number of aromatic nitrogens is 2. The van der Waals surface area contributed by atoms with Crippen molar-refractivity contribution in [2.45, 2.75) is 38.9 Å². The largest absolute Gasteiger partial charge is 0.327 e. The standard InChI is InChI=1S/C9H14FN3S/c1-5-12-13-8(14-5)3-7(11)9(2)4-6(9)10/h6-7H,3-4,11H2,1-2H3. The summed E-state index contributed by atoms with van der Waals surface area (Å²) in [5, 5.41) is 9.75. The summed E-state index contributed by atoms with van der Waals surface area (Å²) >= 11 is 1.54. The molecule has 14 heavy (non-hydrogen) atoms. The third-order valence-electron chi connectivity index (χ3n) is 2.98. The van der Waals surface area contributed by atoms with Crippen LogP contribution in [0, 0.1) is 12.3 Å². The Morgan fingerprint density at radius 1 is 1.71 bits per heavy atom. The van der Waals surface area contributed by atoms with Gasteiger partial charge in [0, 0.05) is 17.9 Å². The van der Waals surface area contributed by atoms with Crippen molar-refractivity contribution in [1.29, 1.82) is 0 Å². The molecule has 1 aliphatic rings. The molecule has 0 amide bonds. The van der Waals surface area contributed by atoms with Gasteiger partial charge in [0.1, 0.15) is 16.2 Å². The van der Waals surface area contributed by atoms with Gasteiger partial charge >= 0.3 is 0 Å². The number of nitrogens with zero attached hydrogens (tertiary/aromatic N) is 2. The van der Waals surface area contributed by atoms with E-state index in [0.717, 1.165) is 10.0 Å². The molecule has 1 aliphatic carbocycles. The number of hydrogen-bond acceptors (Lipinski definition) is 4. The fourth-order valence-corrected chi connectivity index (χ4v) is 2.32. The van der Waals surface area contributed by atoms with Gasteiger partial charge in [-0.15, -0.1) is 21.5 Å². The quantitative estimate of drug-likeness (QED) is 0.830. The third kappa shape index (κ3) is 1.66. The SMILES string of the molecule is Cc1nnc(CC(N)C2(C)CC2F)s1. The van der Waals surface area contributed by atoms with E-state index in [-0.39, 0.29) is 11.5 Å². The Morgan fingerprint density at radius 2 is 2.36 bits per heavy atom. The van der Waals surface area contributed by atoms with E-state index in [1.54, 1.807) is 0 Å². The molecule has 0 spiro atoms. The van der Waals surface area contributed by atoms with Crippen molar-refractivity contribution in [1.82, 2.24) is 10.2 Å². The van der Waals surface area contributed by atoms with E-state index >= 15 is 0 Å². The average Bonchev–Trinajstić information content (AvgIpc) is 2.56. The van der Waals surface area contributed by atoms with E-state index < -0.39 is 6.17 Å². The molecule has 3 nitrogen and oxygen atoms in total. The van der Waals surface area contributed by atoms with Gasteiger partial charge in [0.15, 0.2) is 0 Å². The molecule has 5 heteroatoms. The van der Waals surface area contributed by atoms with Gasteiger partial charge in [-0.3, -0.25) is 0 Å². The van der Waals surface area contributed by atoms with Gasteiger partial charge < -0.3 is 5.73 Å². The highest BCUT2D eigenvalue weighted by Gasteiger charge is 2.55. The van der Waals surface area contributed by atoms with Crippen LogP contribution in [0.3, 0.4) is 0 Å². The molecular formula is C9H14FN3S. The lowest BCUT2D eigenvalue weighted by Gasteiger charge is -2.16. The number of alkyl halides is 1. The summed E-state index contributed by atoms with van der Waals surface area (Å²) < 4.78 is 13.0. The molecule has 3 unspecified atom stereocenters. The maximum Gasteiger partial charge on any atom is 0.119 e. The molecule has 1 fully saturated rings. The van der Waals surface area contributed by atoms with E-state index in [9.17, 15) is 4.39 Å². The summed E-state index contributed by atoms with van der Waals surface area (Å²) in [5.41, 5.74) is 5.62. The first-order valence-electron chi connectivity index (χ1n) is 4.71. The van der Waals surface area contributed by atoms with Gasteiger partial charge in [0.2, 0.25) is 0 Å². The predicted molar refractivity (Wildman–Crippen MR) is 53.9 cm³/mol. The Balaban J connectivity index is 1.98. The second-order valence-corrected chi connectivity index (χ2v) is 5.47. The molecule has 1 saturated carbocycles. The Morgan fingerprint density at radius 3 is 2.79 bits per heavy atom. The first-order valence-corrected chi connectivity index (χ1v) is 5.52. The summed E-state index contributed by atoms with van der Waals surface area (Å²) in [4.78, 5) is 0. The van der Waals surface area contributed by atoms with Crippen LogP contribution < -0.4 is 5.73 Å². The van der Waals surface area contributed by atoms with Crippen LogP contribution in [0.1, 0.15) is 23.4 Å². The van der Waals surface area contributed by atoms with E-state index in [0.29, 0.717) is 12.8 Å². The minimum Gasteiger partial charge on any atom is -0.327 e. The van der Waals surface area contributed by atoms with Crippen LogP contribution in [-0.4, -0.2) is 22.4 Å². The maximum atomic E-state index is 13.0. The number of halogens is 1. The van der Waals surface area contributed by atoms with E-state index in [1.807, 2.05) is 13.8 Å². The smallest absolute Gasteiger partial charge is 0.119 e. The zero-order chi connectivity index (χ0) is 10.3. The Bertz CT molecular complexity index is 341. The Hall–Kier alpha value is -0.550. The van der Waals surface area contributed by atoms with E-state index in [4.69, 9.17) is 5.73 Å². The highest BCUT2D eigenvalue weighted by molar-refractivity contribution is 7.11. The molecule has 0 aliphatic heterocycles. The number of nitrogens with two attached hydrogens (primary N) is 1. The molecular weight excluding hydrogens is 201 g/mol. The molecule has 2 N–H and O–H groups in total. The van der Waals surface area contributed by atoms with Gasteiger partial charge in [0.25, 0.3) is 0 Å². The summed E-state index contributed by atoms with van der Waals surface area (Å²) in [5.74, 6) is 0. The van der Waals surface area contributed by atoms with Crippen molar-refractivity contribution >= 4 is 11.3 Å². The number of hydrogen-bond donors (Lipinski definition) is 1. The molecule has 0 radical (unpaired) electrons. The van der Waals surface area contributed by atoms with Gasteiger partial charge in [0.05, 0.1) is 0 Å². The summed E-state index contributed by atoms with van der Waals surface area (Å²) in [6, 6.07) is -0.134. The third-order valence-corrected chi connectivity index (χ3v) is 3.84. The van der Waals surface area contributed by atoms with Crippen molar-refractivity contribution in [2.75, 3.05) is 0 Å². The predicted octanol–water partition coefficient (Wildman–Crippen LogP) is 1.46. The monoisotopic (exact) mass is 215 g/mol. The first kappa shape index (κ1) is 9.98. The topological polar surface area (TPSA) is 51.8 Å². The van der Waals surface area contributed by atoms with Gasteiger partial charge in [-0.1, -0.05) is 6.92 Å². The van der Waals surface area contributed by atoms with Crippen molar-refractivity contribution in [3.8, 4) is 0 Å². The Kier molecular flexibility index (Phi) is 2.31. The number of aryl methyl sites for hydroxylation is 1. The van der Waals surface area contributed by atoms with Crippen LogP contribution in [0.15, 0.2) is 0 Å². The lowest BCUT2D eigenvalue weighted by Crippen LogP contribution is -2.33. The Labute approximate surface area is 86.5 Å². The first-order chi connectivity index (χ1) is 6.52. The van der Waals surface area contributed by atoms with E-state index in [2.05, 4.69) is 10.2 Å². The molecule has 3 atom stereocenters. The zero-order valence-electron chi connectivity index (χ0n) is 8.33. The molecule has 1 aromatic heterocycles. The van der Waals surface area contributed by atoms with Crippen LogP contribution in [0.5, 0.6) is 0 Å². The van der Waals surface area contributed by atoms with Crippen molar-refractivity contribution in [3.05, 3.63) is 10.0 Å². The molecule has 0 bridgehead atoms. The molecule has 0 aromatic carbocycles. The lowest BCUT2D eigenvalue weighted by molar-refractivity contribution is 0.326. The fraction of sp³-hybridized carbons (Fsp3) is 0.778. The molecule has 78 valence electrons. The summed E-state index contributed by atoms with van der Waals surface area (Å²) in [7, 11) is 0. The minimum absolute atomic E-state index is 0.134. The molecule has 1 aromatic rings. The fourth-order valence-electron chi connectivity index (χ4n) is 1.55. The van der Waals surface area contributed by atoms with E-state index in [1.165, 1.54) is 11.3 Å². The number of rotatable bonds is 3. The molecule has 0 saturated heterocycles. The minimum atomic E-state index is -0.730. The van der Waals surface area contributed by atoms with Gasteiger partial charge in [-0.25, -0.2) is 4.39 Å². The summed E-state index contributed by atoms with van der Waals surface area (Å²) in [6.07, 6.45) is 0.500. The van der Waals surface area contributed by atoms with Crippen molar-refractivity contribution < 1.29 is 4.39 Å². The zero-order valence-corrected chi connectivity index (χ0v) is 9.14. The van der Waals surface area contributed by atoms with Gasteiger partial charge in [-0.2, -0.15) is 0 Å². The van der Waals surface area contributed by atoms with Crippen molar-refractivity contribution in [2.24, 2.45) is 11.1 Å². The van der Waals surface area contributed by atoms with Crippen LogP contribution in [-0.2, 0) is 6.42 Å². The lowest BCUT2D eigenvalue weighted by atomic mass is 9.97. The maximum absolute atomic E-state index is 13.0. The average molecular weight is 215 g/mol. The van der Waals surface area contributed by atoms with Gasteiger partial charge in [-0.05, 0) is 13.3 Å². The molecule has 2 rings (SSSR count). The van der Waals surface area contributed by atoms with Crippen LogP contribution >= 0.6 is 11.3 Å². The summed E-state index contributed by atoms with van der Waals surface area (Å²) in [6.45, 7) is 3.81. The van der Waals surface area contributed by atoms with Crippen LogP contribution in [0.2, 0.25) is 0 Å². The second-order valence-electron chi connectivity index (χ2n) is 4.20. The highest BCUT2D eigenvalue weighted by atomic mass is 32.1.